The molecule has 1 unspecified atom stereocenters. The summed E-state index contributed by atoms with van der Waals surface area (Å²) in [5.41, 5.74) is 4.06. The highest BCUT2D eigenvalue weighted by Crippen LogP contribution is 2.53. The summed E-state index contributed by atoms with van der Waals surface area (Å²) in [5, 5.41) is 2.48. The van der Waals surface area contributed by atoms with E-state index in [4.69, 9.17) is 41.0 Å². The van der Waals surface area contributed by atoms with Crippen LogP contribution in [0.5, 0.6) is 11.5 Å². The molecule has 252 valence electrons. The molecule has 2 aliphatic rings. The maximum atomic E-state index is 16.5. The Morgan fingerprint density at radius 1 is 1.11 bits per heavy atom. The van der Waals surface area contributed by atoms with E-state index in [1.807, 2.05) is 51.1 Å². The summed E-state index contributed by atoms with van der Waals surface area (Å²) in [6, 6.07) is 12.1. The lowest BCUT2D eigenvalue weighted by atomic mass is 9.70. The number of hydrogen-bond donors (Lipinski definition) is 2. The molecule has 5 rings (SSSR count). The van der Waals surface area contributed by atoms with Gasteiger partial charge in [-0.25, -0.2) is 13.6 Å². The topological polar surface area (TPSA) is 118 Å². The number of fused-ring (bicyclic) bond motifs is 1. The van der Waals surface area contributed by atoms with Gasteiger partial charge in [0.1, 0.15) is 18.2 Å². The van der Waals surface area contributed by atoms with Crippen LogP contribution in [0.1, 0.15) is 61.5 Å². The van der Waals surface area contributed by atoms with Crippen LogP contribution >= 0.6 is 11.6 Å². The number of halogens is 3. The molecule has 2 heterocycles. The second-order valence-corrected chi connectivity index (χ2v) is 13.1. The summed E-state index contributed by atoms with van der Waals surface area (Å²) in [7, 11) is 1.25. The maximum absolute atomic E-state index is 16.5. The van der Waals surface area contributed by atoms with Crippen molar-refractivity contribution in [1.82, 2.24) is 5.32 Å². The van der Waals surface area contributed by atoms with Crippen molar-refractivity contribution in [3.05, 3.63) is 81.9 Å². The maximum Gasteiger partial charge on any atom is 0.407 e. The molecule has 47 heavy (non-hydrogen) atoms. The third-order valence-corrected chi connectivity index (χ3v) is 8.83. The van der Waals surface area contributed by atoms with Gasteiger partial charge in [0.2, 0.25) is 5.91 Å². The molecular formula is C35H39ClF2N2O7. The normalized spacial score (nSPS) is 19.8. The van der Waals surface area contributed by atoms with Crippen molar-refractivity contribution in [2.75, 3.05) is 26.9 Å². The Hall–Kier alpha value is -3.93. The SMILES string of the molecule is COC(=O)NC(C(C)(C)C)[C@@]1(c2ccccc2)Cc2c(cc(F)c(Cl)c2-c2c(C(N)=O)ccc(OCCO[C@H]3CCCCO3)c2F)O1. The fourth-order valence-electron chi connectivity index (χ4n) is 6.37. The van der Waals surface area contributed by atoms with Gasteiger partial charge in [-0.15, -0.1) is 0 Å². The van der Waals surface area contributed by atoms with Gasteiger partial charge in [0.05, 0.1) is 30.3 Å². The van der Waals surface area contributed by atoms with Gasteiger partial charge in [0, 0.05) is 35.8 Å². The van der Waals surface area contributed by atoms with Crippen molar-refractivity contribution in [2.45, 2.75) is 64.4 Å². The first-order valence-corrected chi connectivity index (χ1v) is 15.8. The fraction of sp³-hybridized carbons (Fsp3) is 0.429. The van der Waals surface area contributed by atoms with E-state index < -0.39 is 45.7 Å². The van der Waals surface area contributed by atoms with Crippen molar-refractivity contribution >= 4 is 23.6 Å². The van der Waals surface area contributed by atoms with E-state index in [2.05, 4.69) is 5.32 Å². The quantitative estimate of drug-likeness (QED) is 0.225. The number of primary amides is 1. The minimum absolute atomic E-state index is 0.00552. The molecule has 2 amide bonds. The van der Waals surface area contributed by atoms with E-state index in [1.54, 1.807) is 0 Å². The van der Waals surface area contributed by atoms with E-state index in [-0.39, 0.29) is 54.1 Å². The van der Waals surface area contributed by atoms with Crippen molar-refractivity contribution in [3.63, 3.8) is 0 Å². The lowest BCUT2D eigenvalue weighted by molar-refractivity contribution is -0.165. The van der Waals surface area contributed by atoms with Crippen LogP contribution in [0.25, 0.3) is 11.1 Å². The number of alkyl carbamates (subject to hydrolysis) is 1. The first kappa shape index (κ1) is 34.4. The highest BCUT2D eigenvalue weighted by atomic mass is 35.5. The number of hydrogen-bond acceptors (Lipinski definition) is 7. The van der Waals surface area contributed by atoms with Crippen molar-refractivity contribution in [2.24, 2.45) is 11.1 Å². The molecular weight excluding hydrogens is 634 g/mol. The van der Waals surface area contributed by atoms with Gasteiger partial charge < -0.3 is 34.7 Å². The molecule has 3 aromatic rings. The van der Waals surface area contributed by atoms with Crippen LogP contribution in [0.2, 0.25) is 5.02 Å². The van der Waals surface area contributed by atoms with Gasteiger partial charge in [-0.1, -0.05) is 62.7 Å². The summed E-state index contributed by atoms with van der Waals surface area (Å²) in [6.45, 7) is 6.45. The van der Waals surface area contributed by atoms with Crippen LogP contribution in [-0.2, 0) is 26.2 Å². The molecule has 3 N–H and O–H groups in total. The van der Waals surface area contributed by atoms with Crippen molar-refractivity contribution < 1.29 is 42.1 Å². The molecule has 2 aliphatic heterocycles. The molecule has 1 saturated heterocycles. The van der Waals surface area contributed by atoms with Gasteiger partial charge in [-0.2, -0.15) is 0 Å². The zero-order valence-corrected chi connectivity index (χ0v) is 27.5. The number of carbonyl (C=O) groups excluding carboxylic acids is 2. The first-order valence-electron chi connectivity index (χ1n) is 15.5. The Morgan fingerprint density at radius 2 is 1.85 bits per heavy atom. The van der Waals surface area contributed by atoms with Crippen LogP contribution in [0.3, 0.4) is 0 Å². The van der Waals surface area contributed by atoms with Gasteiger partial charge in [0.15, 0.2) is 23.5 Å². The van der Waals surface area contributed by atoms with Crippen molar-refractivity contribution in [3.8, 4) is 22.6 Å². The second-order valence-electron chi connectivity index (χ2n) is 12.7. The molecule has 1 fully saturated rings. The van der Waals surface area contributed by atoms with E-state index in [0.29, 0.717) is 17.7 Å². The van der Waals surface area contributed by atoms with E-state index in [0.717, 1.165) is 25.3 Å². The zero-order valence-electron chi connectivity index (χ0n) is 26.8. The third kappa shape index (κ3) is 7.02. The van der Waals surface area contributed by atoms with Gasteiger partial charge in [-0.3, -0.25) is 4.79 Å². The molecule has 9 nitrogen and oxygen atoms in total. The van der Waals surface area contributed by atoms with Crippen LogP contribution < -0.4 is 20.5 Å². The first-order chi connectivity index (χ1) is 22.4. The molecule has 0 aliphatic carbocycles. The number of amides is 2. The van der Waals surface area contributed by atoms with Gasteiger partial charge in [-0.05, 0) is 42.4 Å². The van der Waals surface area contributed by atoms with Crippen LogP contribution in [0, 0.1) is 17.0 Å². The molecule has 0 bridgehead atoms. The van der Waals surface area contributed by atoms with E-state index >= 15 is 8.78 Å². The van der Waals surface area contributed by atoms with Crippen LogP contribution in [0.4, 0.5) is 13.6 Å². The lowest BCUT2D eigenvalue weighted by Gasteiger charge is -2.44. The number of carbonyl (C=O) groups is 2. The average Bonchev–Trinajstić information content (AvgIpc) is 3.43. The fourth-order valence-corrected chi connectivity index (χ4v) is 6.64. The minimum Gasteiger partial charge on any atom is -0.488 e. The van der Waals surface area contributed by atoms with Gasteiger partial charge in [0.25, 0.3) is 0 Å². The summed E-state index contributed by atoms with van der Waals surface area (Å²) in [6.07, 6.45) is 1.67. The number of nitrogens with two attached hydrogens (primary N) is 1. The molecule has 12 heteroatoms. The molecule has 0 radical (unpaired) electrons. The Bertz CT molecular complexity index is 1630. The minimum atomic E-state index is -1.34. The summed E-state index contributed by atoms with van der Waals surface area (Å²) in [4.78, 5) is 25.4. The Kier molecular flexibility index (Phi) is 10.3. The van der Waals surface area contributed by atoms with E-state index in [1.165, 1.54) is 19.2 Å². The molecule has 0 saturated carbocycles. The largest absolute Gasteiger partial charge is 0.488 e. The summed E-state index contributed by atoms with van der Waals surface area (Å²) < 4.78 is 60.8. The monoisotopic (exact) mass is 672 g/mol. The Morgan fingerprint density at radius 3 is 2.49 bits per heavy atom. The molecule has 3 atom stereocenters. The Labute approximate surface area is 277 Å². The van der Waals surface area contributed by atoms with Crippen LogP contribution in [-0.4, -0.2) is 51.3 Å². The highest BCUT2D eigenvalue weighted by molar-refractivity contribution is 6.34. The standard InChI is InChI=1S/C35H39ClF2N2O7/c1-34(2,3)32(40-33(42)43-4)35(20-10-6-5-7-11-20)19-22-25(47-35)18-23(37)29(36)27(22)28-21(31(39)41)13-14-24(30(28)38)44-16-17-46-26-12-8-9-15-45-26/h5-7,10-11,13-14,18,26,32H,8-9,12,15-17,19H2,1-4H3,(H2,39,41)(H,40,42)/t26-,32?,35-/m0/s1. The number of nitrogens with one attached hydrogen (secondary N) is 1. The average molecular weight is 673 g/mol. The molecule has 0 aromatic heterocycles. The number of benzene rings is 3. The molecule has 3 aromatic carbocycles. The smallest absolute Gasteiger partial charge is 0.407 e. The molecule has 0 spiro atoms. The van der Waals surface area contributed by atoms with Crippen molar-refractivity contribution in [1.29, 1.82) is 0 Å². The van der Waals surface area contributed by atoms with Gasteiger partial charge >= 0.3 is 6.09 Å². The predicted molar refractivity (Wildman–Crippen MR) is 172 cm³/mol. The lowest BCUT2D eigenvalue weighted by Crippen LogP contribution is -2.59. The predicted octanol–water partition coefficient (Wildman–Crippen LogP) is 6.91. The number of rotatable bonds is 10. The second kappa shape index (κ2) is 14.0. The number of methoxy groups -OCH3 is 1. The Balaban J connectivity index is 1.61. The summed E-state index contributed by atoms with van der Waals surface area (Å²) >= 11 is 6.63. The van der Waals surface area contributed by atoms with E-state index in [9.17, 15) is 9.59 Å². The third-order valence-electron chi connectivity index (χ3n) is 8.46. The number of ether oxygens (including phenoxy) is 5. The summed E-state index contributed by atoms with van der Waals surface area (Å²) in [5.74, 6) is -2.96. The van der Waals surface area contributed by atoms with Crippen LogP contribution in [0.15, 0.2) is 48.5 Å². The zero-order chi connectivity index (χ0) is 33.9. The highest BCUT2D eigenvalue weighted by Gasteiger charge is 2.54.